The van der Waals surface area contributed by atoms with E-state index in [0.29, 0.717) is 11.6 Å². The first-order chi connectivity index (χ1) is 9.98. The summed E-state index contributed by atoms with van der Waals surface area (Å²) in [6, 6.07) is 9.44. The van der Waals surface area contributed by atoms with Crippen molar-refractivity contribution in [1.29, 1.82) is 0 Å². The quantitative estimate of drug-likeness (QED) is 0.831. The van der Waals surface area contributed by atoms with E-state index < -0.39 is 0 Å². The van der Waals surface area contributed by atoms with Crippen LogP contribution >= 0.6 is 0 Å². The van der Waals surface area contributed by atoms with Crippen molar-refractivity contribution in [3.8, 4) is 0 Å². The van der Waals surface area contributed by atoms with Gasteiger partial charge in [-0.3, -0.25) is 0 Å². The maximum Gasteiger partial charge on any atom is 0.0378 e. The van der Waals surface area contributed by atoms with Crippen LogP contribution in [0.5, 0.6) is 0 Å². The van der Waals surface area contributed by atoms with Gasteiger partial charge in [-0.2, -0.15) is 0 Å². The Morgan fingerprint density at radius 3 is 2.19 bits per heavy atom. The third-order valence-corrected chi connectivity index (χ3v) is 5.11. The summed E-state index contributed by atoms with van der Waals surface area (Å²) in [6.45, 7) is 6.49. The van der Waals surface area contributed by atoms with E-state index in [1.165, 1.54) is 30.5 Å². The predicted molar refractivity (Wildman–Crippen MR) is 92.1 cm³/mol. The summed E-state index contributed by atoms with van der Waals surface area (Å²) in [5, 5.41) is 3.46. The lowest BCUT2D eigenvalue weighted by Gasteiger charge is -2.49. The van der Waals surface area contributed by atoms with E-state index in [1.807, 2.05) is 0 Å². The Morgan fingerprint density at radius 2 is 1.76 bits per heavy atom. The summed E-state index contributed by atoms with van der Waals surface area (Å²) in [7, 11) is 6.65. The van der Waals surface area contributed by atoms with Crippen molar-refractivity contribution in [2.75, 3.05) is 39.1 Å². The monoisotopic (exact) mass is 289 g/mol. The lowest BCUT2D eigenvalue weighted by atomic mass is 9.75. The van der Waals surface area contributed by atoms with Crippen molar-refractivity contribution < 1.29 is 0 Å². The highest BCUT2D eigenvalue weighted by Crippen LogP contribution is 2.37. The molecule has 1 atom stereocenters. The molecule has 1 aliphatic rings. The van der Waals surface area contributed by atoms with E-state index in [2.05, 4.69) is 74.4 Å². The fraction of sp³-hybridized carbons (Fsp3) is 0.667. The number of anilines is 1. The van der Waals surface area contributed by atoms with Gasteiger partial charge in [0.15, 0.2) is 0 Å². The van der Waals surface area contributed by atoms with Crippen molar-refractivity contribution >= 4 is 5.69 Å². The fourth-order valence-corrected chi connectivity index (χ4v) is 3.31. The number of rotatable bonds is 7. The molecule has 1 unspecified atom stereocenters. The molecule has 0 heterocycles. The molecule has 3 heteroatoms. The molecule has 1 aromatic rings. The van der Waals surface area contributed by atoms with Crippen LogP contribution in [-0.4, -0.2) is 44.7 Å². The summed E-state index contributed by atoms with van der Waals surface area (Å²) in [4.78, 5) is 4.81. The third-order valence-electron chi connectivity index (χ3n) is 5.11. The van der Waals surface area contributed by atoms with Gasteiger partial charge < -0.3 is 15.1 Å². The smallest absolute Gasteiger partial charge is 0.0378 e. The summed E-state index contributed by atoms with van der Waals surface area (Å²) < 4.78 is 0. The Morgan fingerprint density at radius 1 is 1.14 bits per heavy atom. The fourth-order valence-electron chi connectivity index (χ4n) is 3.31. The Hall–Kier alpha value is -1.06. The van der Waals surface area contributed by atoms with Crippen molar-refractivity contribution in [2.45, 2.75) is 44.7 Å². The van der Waals surface area contributed by atoms with Crippen molar-refractivity contribution in [3.05, 3.63) is 29.8 Å². The summed E-state index contributed by atoms with van der Waals surface area (Å²) in [5.41, 5.74) is 3.06. The van der Waals surface area contributed by atoms with Gasteiger partial charge in [-0.1, -0.05) is 19.1 Å². The summed E-state index contributed by atoms with van der Waals surface area (Å²) in [5.74, 6) is 0. The van der Waals surface area contributed by atoms with Crippen LogP contribution in [0.2, 0.25) is 0 Å². The van der Waals surface area contributed by atoms with Crippen LogP contribution in [-0.2, 0) is 0 Å². The third kappa shape index (κ3) is 3.58. The highest BCUT2D eigenvalue weighted by Gasteiger charge is 2.39. The molecule has 0 bridgehead atoms. The van der Waals surface area contributed by atoms with Crippen LogP contribution in [0, 0.1) is 0 Å². The number of nitrogens with zero attached hydrogens (tertiary/aromatic N) is 2. The first-order valence-electron chi connectivity index (χ1n) is 8.20. The Balaban J connectivity index is 2.01. The molecule has 0 radical (unpaired) electrons. The molecule has 3 nitrogen and oxygen atoms in total. The Kier molecular flexibility index (Phi) is 5.28. The molecule has 1 aromatic carbocycles. The topological polar surface area (TPSA) is 18.5 Å². The zero-order chi connectivity index (χ0) is 15.5. The van der Waals surface area contributed by atoms with E-state index in [-0.39, 0.29) is 0 Å². The van der Waals surface area contributed by atoms with Gasteiger partial charge in [-0.15, -0.1) is 0 Å². The molecule has 0 spiro atoms. The summed E-state index contributed by atoms with van der Waals surface area (Å²) in [6.07, 6.45) is 4.00. The minimum Gasteiger partial charge on any atom is -0.373 e. The second-order valence-electron chi connectivity index (χ2n) is 6.70. The molecule has 21 heavy (non-hydrogen) atoms. The van der Waals surface area contributed by atoms with Crippen LogP contribution in [0.4, 0.5) is 5.69 Å². The zero-order valence-corrected chi connectivity index (χ0v) is 14.3. The zero-order valence-electron chi connectivity index (χ0n) is 14.3. The molecule has 1 aliphatic carbocycles. The van der Waals surface area contributed by atoms with E-state index in [1.54, 1.807) is 0 Å². The number of nitrogens with one attached hydrogen (secondary N) is 1. The highest BCUT2D eigenvalue weighted by atomic mass is 15.2. The SMILES string of the molecule is CCNC(C)c1ccc(N(C)CC2(N(C)C)CCC2)cc1. The molecular weight excluding hydrogens is 258 g/mol. The molecule has 118 valence electrons. The standard InChI is InChI=1S/C18H31N3/c1-6-19-15(2)16-8-10-17(11-9-16)21(5)14-18(20(3)4)12-7-13-18/h8-11,15,19H,6-7,12-14H2,1-5H3. The second kappa shape index (κ2) is 6.80. The molecule has 0 saturated heterocycles. The first kappa shape index (κ1) is 16.3. The normalized spacial score (nSPS) is 18.4. The van der Waals surface area contributed by atoms with Gasteiger partial charge in [0, 0.05) is 30.9 Å². The lowest BCUT2D eigenvalue weighted by Crippen LogP contribution is -2.56. The molecule has 2 rings (SSSR count). The molecular formula is C18H31N3. The van der Waals surface area contributed by atoms with Gasteiger partial charge in [-0.05, 0) is 64.5 Å². The average molecular weight is 289 g/mol. The van der Waals surface area contributed by atoms with Crippen molar-refractivity contribution in [2.24, 2.45) is 0 Å². The van der Waals surface area contributed by atoms with Crippen molar-refractivity contribution in [1.82, 2.24) is 10.2 Å². The Bertz CT molecular complexity index is 434. The van der Waals surface area contributed by atoms with Gasteiger partial charge in [0.1, 0.15) is 0 Å². The van der Waals surface area contributed by atoms with E-state index in [9.17, 15) is 0 Å². The number of benzene rings is 1. The number of likely N-dealkylation sites (N-methyl/N-ethyl adjacent to an activating group) is 2. The van der Waals surface area contributed by atoms with Crippen LogP contribution in [0.1, 0.15) is 44.7 Å². The van der Waals surface area contributed by atoms with Crippen LogP contribution in [0.3, 0.4) is 0 Å². The van der Waals surface area contributed by atoms with E-state index in [0.717, 1.165) is 13.1 Å². The summed E-state index contributed by atoms with van der Waals surface area (Å²) >= 11 is 0. The minimum absolute atomic E-state index is 0.379. The molecule has 1 saturated carbocycles. The van der Waals surface area contributed by atoms with Gasteiger partial charge in [-0.25, -0.2) is 0 Å². The molecule has 0 aromatic heterocycles. The van der Waals surface area contributed by atoms with Crippen molar-refractivity contribution in [3.63, 3.8) is 0 Å². The molecule has 1 fully saturated rings. The van der Waals surface area contributed by atoms with Crippen LogP contribution in [0.15, 0.2) is 24.3 Å². The Labute approximate surface area is 130 Å². The maximum atomic E-state index is 3.46. The largest absolute Gasteiger partial charge is 0.373 e. The number of hydrogen-bond acceptors (Lipinski definition) is 3. The lowest BCUT2D eigenvalue weighted by molar-refractivity contribution is 0.0683. The molecule has 0 amide bonds. The number of hydrogen-bond donors (Lipinski definition) is 1. The van der Waals surface area contributed by atoms with Gasteiger partial charge in [0.25, 0.3) is 0 Å². The molecule has 1 N–H and O–H groups in total. The van der Waals surface area contributed by atoms with Crippen LogP contribution < -0.4 is 10.2 Å². The van der Waals surface area contributed by atoms with Gasteiger partial charge in [0.05, 0.1) is 0 Å². The predicted octanol–water partition coefficient (Wildman–Crippen LogP) is 3.28. The minimum atomic E-state index is 0.379. The van der Waals surface area contributed by atoms with Gasteiger partial charge >= 0.3 is 0 Å². The second-order valence-corrected chi connectivity index (χ2v) is 6.70. The van der Waals surface area contributed by atoms with Gasteiger partial charge in [0.2, 0.25) is 0 Å². The van der Waals surface area contributed by atoms with E-state index >= 15 is 0 Å². The first-order valence-corrected chi connectivity index (χ1v) is 8.20. The molecule has 0 aliphatic heterocycles. The maximum absolute atomic E-state index is 3.46. The van der Waals surface area contributed by atoms with E-state index in [4.69, 9.17) is 0 Å². The van der Waals surface area contributed by atoms with Crippen LogP contribution in [0.25, 0.3) is 0 Å². The highest BCUT2D eigenvalue weighted by molar-refractivity contribution is 5.48. The average Bonchev–Trinajstić information content (AvgIpc) is 2.42.